The standard InChI is InChI=1S/C22H26BrNO5/c1-7-29-18-10-8-14(13-17(18)24(2)3)12-16(23)20(25)15-9-11-19(26-4)22(28-6)21(15)27-5/h8-13H,7H2,1-6H3. The Bertz CT molecular complexity index is 908. The molecule has 29 heavy (non-hydrogen) atoms. The van der Waals surface area contributed by atoms with Gasteiger partial charge in [-0.15, -0.1) is 0 Å². The minimum atomic E-state index is -0.233. The van der Waals surface area contributed by atoms with Gasteiger partial charge in [0.25, 0.3) is 0 Å². The number of rotatable bonds is 9. The van der Waals surface area contributed by atoms with Crippen LogP contribution in [0, 0.1) is 0 Å². The van der Waals surface area contributed by atoms with Crippen molar-refractivity contribution in [3.05, 3.63) is 45.9 Å². The highest BCUT2D eigenvalue weighted by atomic mass is 79.9. The van der Waals surface area contributed by atoms with E-state index < -0.39 is 0 Å². The number of benzene rings is 2. The average molecular weight is 464 g/mol. The third kappa shape index (κ3) is 5.03. The molecule has 0 aliphatic carbocycles. The molecular weight excluding hydrogens is 438 g/mol. The number of Topliss-reactive ketones (excluding diaryl/α,β-unsaturated/α-hetero) is 1. The van der Waals surface area contributed by atoms with Crippen LogP contribution >= 0.6 is 15.9 Å². The van der Waals surface area contributed by atoms with E-state index in [0.29, 0.717) is 33.9 Å². The van der Waals surface area contributed by atoms with E-state index in [1.807, 2.05) is 44.1 Å². The van der Waals surface area contributed by atoms with E-state index >= 15 is 0 Å². The van der Waals surface area contributed by atoms with Crippen molar-refractivity contribution in [3.63, 3.8) is 0 Å². The van der Waals surface area contributed by atoms with Crippen LogP contribution in [-0.4, -0.2) is 47.8 Å². The fourth-order valence-corrected chi connectivity index (χ4v) is 3.35. The lowest BCUT2D eigenvalue weighted by Crippen LogP contribution is -2.11. The summed E-state index contributed by atoms with van der Waals surface area (Å²) in [6, 6.07) is 9.09. The molecule has 0 fully saturated rings. The molecule has 2 rings (SSSR count). The number of halogens is 1. The van der Waals surface area contributed by atoms with E-state index in [9.17, 15) is 4.79 Å². The summed E-state index contributed by atoms with van der Waals surface area (Å²) in [7, 11) is 8.41. The molecular formula is C22H26BrNO5. The first-order chi connectivity index (χ1) is 13.9. The summed E-state index contributed by atoms with van der Waals surface area (Å²) in [4.78, 5) is 15.0. The fraction of sp³-hybridized carbons (Fsp3) is 0.318. The largest absolute Gasteiger partial charge is 0.493 e. The Hall–Kier alpha value is -2.67. The second kappa shape index (κ2) is 10.2. The summed E-state index contributed by atoms with van der Waals surface area (Å²) < 4.78 is 22.1. The molecule has 6 nitrogen and oxygen atoms in total. The van der Waals surface area contributed by atoms with Gasteiger partial charge in [0.05, 0.1) is 43.7 Å². The van der Waals surface area contributed by atoms with Crippen molar-refractivity contribution in [2.45, 2.75) is 6.92 Å². The Morgan fingerprint density at radius 1 is 1.00 bits per heavy atom. The molecule has 0 amide bonds. The lowest BCUT2D eigenvalue weighted by molar-refractivity contribution is 0.104. The number of hydrogen-bond donors (Lipinski definition) is 0. The highest BCUT2D eigenvalue weighted by Gasteiger charge is 2.22. The Morgan fingerprint density at radius 2 is 1.66 bits per heavy atom. The van der Waals surface area contributed by atoms with E-state index in [1.54, 1.807) is 18.2 Å². The summed E-state index contributed by atoms with van der Waals surface area (Å²) in [6.07, 6.45) is 1.77. The third-order valence-electron chi connectivity index (χ3n) is 4.22. The van der Waals surface area contributed by atoms with Crippen LogP contribution in [0.2, 0.25) is 0 Å². The second-order valence-corrected chi connectivity index (χ2v) is 7.11. The van der Waals surface area contributed by atoms with Gasteiger partial charge in [0.15, 0.2) is 11.5 Å². The molecule has 0 aliphatic rings. The molecule has 156 valence electrons. The van der Waals surface area contributed by atoms with Gasteiger partial charge in [0, 0.05) is 14.1 Å². The molecule has 0 bridgehead atoms. The van der Waals surface area contributed by atoms with Crippen LogP contribution in [0.15, 0.2) is 34.8 Å². The maximum atomic E-state index is 13.1. The number of nitrogens with zero attached hydrogens (tertiary/aromatic N) is 1. The van der Waals surface area contributed by atoms with Crippen molar-refractivity contribution in [2.75, 3.05) is 46.9 Å². The van der Waals surface area contributed by atoms with Crippen LogP contribution in [0.1, 0.15) is 22.8 Å². The van der Waals surface area contributed by atoms with E-state index in [4.69, 9.17) is 18.9 Å². The molecule has 0 spiro atoms. The van der Waals surface area contributed by atoms with Crippen LogP contribution in [0.3, 0.4) is 0 Å². The van der Waals surface area contributed by atoms with E-state index in [0.717, 1.165) is 17.0 Å². The highest BCUT2D eigenvalue weighted by molar-refractivity contribution is 9.12. The first-order valence-corrected chi connectivity index (χ1v) is 9.82. The quantitative estimate of drug-likeness (QED) is 0.393. The Balaban J connectivity index is 2.45. The number of methoxy groups -OCH3 is 3. The molecule has 0 saturated heterocycles. The van der Waals surface area contributed by atoms with E-state index in [-0.39, 0.29) is 5.78 Å². The summed E-state index contributed by atoms with van der Waals surface area (Å²) in [5.41, 5.74) is 2.15. The second-order valence-electron chi connectivity index (χ2n) is 6.26. The van der Waals surface area contributed by atoms with Crippen molar-refractivity contribution in [3.8, 4) is 23.0 Å². The number of allylic oxidation sites excluding steroid dienone is 1. The number of anilines is 1. The number of hydrogen-bond acceptors (Lipinski definition) is 6. The van der Waals surface area contributed by atoms with Gasteiger partial charge in [0.1, 0.15) is 5.75 Å². The normalized spacial score (nSPS) is 11.1. The fourth-order valence-electron chi connectivity index (χ4n) is 2.87. The van der Waals surface area contributed by atoms with Crippen molar-refractivity contribution in [1.29, 1.82) is 0 Å². The number of ketones is 1. The molecule has 0 N–H and O–H groups in total. The summed E-state index contributed by atoms with van der Waals surface area (Å²) in [5.74, 6) is 1.74. The molecule has 0 aliphatic heterocycles. The summed E-state index contributed by atoms with van der Waals surface area (Å²) in [6.45, 7) is 2.52. The van der Waals surface area contributed by atoms with E-state index in [1.165, 1.54) is 21.3 Å². The number of carbonyl (C=O) groups excluding carboxylic acids is 1. The summed E-state index contributed by atoms with van der Waals surface area (Å²) in [5, 5.41) is 0. The average Bonchev–Trinajstić information content (AvgIpc) is 2.72. The Labute approximate surface area is 180 Å². The maximum Gasteiger partial charge on any atom is 0.204 e. The molecule has 0 aromatic heterocycles. The van der Waals surface area contributed by atoms with Crippen molar-refractivity contribution in [2.24, 2.45) is 0 Å². The van der Waals surface area contributed by atoms with Crippen LogP contribution in [0.5, 0.6) is 23.0 Å². The predicted molar refractivity (Wildman–Crippen MR) is 119 cm³/mol. The molecule has 0 heterocycles. The SMILES string of the molecule is CCOc1ccc(C=C(Br)C(=O)c2ccc(OC)c(OC)c2OC)cc1N(C)C. The van der Waals surface area contributed by atoms with Gasteiger partial charge in [-0.1, -0.05) is 6.07 Å². The van der Waals surface area contributed by atoms with Crippen LogP contribution < -0.4 is 23.8 Å². The molecule has 0 atom stereocenters. The van der Waals surface area contributed by atoms with Crippen molar-refractivity contribution in [1.82, 2.24) is 0 Å². The first kappa shape index (κ1) is 22.6. The Kier molecular flexibility index (Phi) is 7.96. The molecule has 0 saturated carbocycles. The smallest absolute Gasteiger partial charge is 0.204 e. The van der Waals surface area contributed by atoms with Gasteiger partial charge >= 0.3 is 0 Å². The van der Waals surface area contributed by atoms with Gasteiger partial charge < -0.3 is 23.8 Å². The lowest BCUT2D eigenvalue weighted by atomic mass is 10.1. The molecule has 7 heteroatoms. The molecule has 2 aromatic rings. The highest BCUT2D eigenvalue weighted by Crippen LogP contribution is 2.41. The van der Waals surface area contributed by atoms with Crippen molar-refractivity contribution >= 4 is 33.5 Å². The molecule has 2 aromatic carbocycles. The summed E-state index contributed by atoms with van der Waals surface area (Å²) >= 11 is 3.41. The zero-order valence-electron chi connectivity index (χ0n) is 17.5. The predicted octanol–water partition coefficient (Wildman–Crippen LogP) is 4.80. The van der Waals surface area contributed by atoms with Crippen molar-refractivity contribution < 1.29 is 23.7 Å². The topological polar surface area (TPSA) is 57.2 Å². The van der Waals surface area contributed by atoms with Gasteiger partial charge in [-0.05, 0) is 58.8 Å². The lowest BCUT2D eigenvalue weighted by Gasteiger charge is -2.18. The van der Waals surface area contributed by atoms with Gasteiger partial charge in [-0.2, -0.15) is 0 Å². The van der Waals surface area contributed by atoms with Gasteiger partial charge in [0.2, 0.25) is 11.5 Å². The van der Waals surface area contributed by atoms with Crippen LogP contribution in [-0.2, 0) is 0 Å². The van der Waals surface area contributed by atoms with Crippen LogP contribution in [0.4, 0.5) is 5.69 Å². The zero-order valence-corrected chi connectivity index (χ0v) is 19.1. The van der Waals surface area contributed by atoms with Gasteiger partial charge in [-0.3, -0.25) is 4.79 Å². The zero-order chi connectivity index (χ0) is 21.6. The monoisotopic (exact) mass is 463 g/mol. The Morgan fingerprint density at radius 3 is 2.21 bits per heavy atom. The van der Waals surface area contributed by atoms with Gasteiger partial charge in [-0.25, -0.2) is 0 Å². The molecule has 0 radical (unpaired) electrons. The first-order valence-electron chi connectivity index (χ1n) is 9.02. The molecule has 0 unspecified atom stereocenters. The van der Waals surface area contributed by atoms with E-state index in [2.05, 4.69) is 15.9 Å². The number of ether oxygens (including phenoxy) is 4. The van der Waals surface area contributed by atoms with Crippen LogP contribution in [0.25, 0.3) is 6.08 Å². The minimum absolute atomic E-state index is 0.233. The number of carbonyl (C=O) groups is 1. The minimum Gasteiger partial charge on any atom is -0.493 e. The maximum absolute atomic E-state index is 13.1. The third-order valence-corrected chi connectivity index (χ3v) is 4.81.